The molecule has 0 radical (unpaired) electrons. The number of nitrogens with one attached hydrogen (secondary N) is 1. The van der Waals surface area contributed by atoms with Crippen LogP contribution >= 0.6 is 11.3 Å². The number of aromatic nitrogens is 1. The molecule has 0 saturated carbocycles. The summed E-state index contributed by atoms with van der Waals surface area (Å²) in [6, 6.07) is 9.98. The third kappa shape index (κ3) is 3.32. The Kier molecular flexibility index (Phi) is 4.55. The molecule has 2 aliphatic heterocycles. The van der Waals surface area contributed by atoms with Gasteiger partial charge in [0.25, 0.3) is 0 Å². The van der Waals surface area contributed by atoms with E-state index in [0.29, 0.717) is 23.9 Å². The summed E-state index contributed by atoms with van der Waals surface area (Å²) in [5.74, 6) is 1.17. The molecule has 2 aliphatic rings. The lowest BCUT2D eigenvalue weighted by atomic mass is 10.00. The number of hydrogen-bond donors (Lipinski definition) is 2. The van der Waals surface area contributed by atoms with Gasteiger partial charge in [-0.15, -0.1) is 11.3 Å². The van der Waals surface area contributed by atoms with Crippen molar-refractivity contribution in [2.24, 2.45) is 5.92 Å². The van der Waals surface area contributed by atoms with Crippen molar-refractivity contribution < 1.29 is 9.84 Å². The molecule has 2 N–H and O–H groups in total. The highest BCUT2D eigenvalue weighted by Crippen LogP contribution is 2.33. The third-order valence-corrected chi connectivity index (χ3v) is 5.65. The van der Waals surface area contributed by atoms with Crippen molar-refractivity contribution in [3.8, 4) is 11.3 Å². The maximum atomic E-state index is 10.4. The number of thiazole rings is 1. The molecular formula is C19H21N3O2S. The highest BCUT2D eigenvalue weighted by atomic mass is 32.1. The molecule has 0 amide bonds. The number of ether oxygens (including phenoxy) is 1. The molecule has 0 unspecified atom stereocenters. The van der Waals surface area contributed by atoms with Gasteiger partial charge in [-0.05, 0) is 18.8 Å². The SMILES string of the molecule is N=C1C(c2nc(-c3ccccc3)cs2)=C(O)CN1CC1CCOCC1. The monoisotopic (exact) mass is 355 g/mol. The summed E-state index contributed by atoms with van der Waals surface area (Å²) < 4.78 is 5.41. The number of aliphatic hydroxyl groups is 1. The Balaban J connectivity index is 1.51. The van der Waals surface area contributed by atoms with Crippen LogP contribution in [0.25, 0.3) is 16.8 Å². The molecule has 0 spiro atoms. The van der Waals surface area contributed by atoms with Gasteiger partial charge in [0.15, 0.2) is 0 Å². The molecule has 130 valence electrons. The lowest BCUT2D eigenvalue weighted by Gasteiger charge is -2.28. The van der Waals surface area contributed by atoms with E-state index in [0.717, 1.165) is 48.9 Å². The quantitative estimate of drug-likeness (QED) is 0.875. The fraction of sp³-hybridized carbons (Fsp3) is 0.368. The first-order chi connectivity index (χ1) is 12.2. The second kappa shape index (κ2) is 6.98. The number of benzene rings is 1. The highest BCUT2D eigenvalue weighted by Gasteiger charge is 2.32. The van der Waals surface area contributed by atoms with Crippen molar-refractivity contribution in [1.29, 1.82) is 5.41 Å². The van der Waals surface area contributed by atoms with Gasteiger partial charge in [-0.1, -0.05) is 30.3 Å². The lowest BCUT2D eigenvalue weighted by molar-refractivity contribution is 0.0600. The van der Waals surface area contributed by atoms with Crippen molar-refractivity contribution in [2.75, 3.05) is 26.3 Å². The van der Waals surface area contributed by atoms with Crippen LogP contribution in [0, 0.1) is 11.3 Å². The van der Waals surface area contributed by atoms with Gasteiger partial charge in [0.1, 0.15) is 16.6 Å². The number of aliphatic hydroxyl groups excluding tert-OH is 1. The molecule has 2 aromatic rings. The second-order valence-electron chi connectivity index (χ2n) is 6.51. The predicted molar refractivity (Wildman–Crippen MR) is 99.9 cm³/mol. The maximum Gasteiger partial charge on any atom is 0.135 e. The normalized spacial score (nSPS) is 19.0. The zero-order chi connectivity index (χ0) is 17.2. The van der Waals surface area contributed by atoms with Crippen LogP contribution < -0.4 is 0 Å². The van der Waals surface area contributed by atoms with E-state index in [1.165, 1.54) is 11.3 Å². The summed E-state index contributed by atoms with van der Waals surface area (Å²) in [6.45, 7) is 2.80. The minimum absolute atomic E-state index is 0.256. The molecule has 1 saturated heterocycles. The smallest absolute Gasteiger partial charge is 0.135 e. The molecule has 1 fully saturated rings. The number of nitrogens with zero attached hydrogens (tertiary/aromatic N) is 2. The Labute approximate surface area is 151 Å². The molecule has 0 aliphatic carbocycles. The average molecular weight is 355 g/mol. The largest absolute Gasteiger partial charge is 0.510 e. The molecule has 5 nitrogen and oxygen atoms in total. The Morgan fingerprint density at radius 3 is 2.76 bits per heavy atom. The van der Waals surface area contributed by atoms with Crippen LogP contribution in [0.3, 0.4) is 0 Å². The van der Waals surface area contributed by atoms with Gasteiger partial charge in [-0.25, -0.2) is 4.98 Å². The van der Waals surface area contributed by atoms with Crippen LogP contribution in [0.2, 0.25) is 0 Å². The zero-order valence-corrected chi connectivity index (χ0v) is 14.8. The predicted octanol–water partition coefficient (Wildman–Crippen LogP) is 3.80. The van der Waals surface area contributed by atoms with E-state index in [1.54, 1.807) is 0 Å². The van der Waals surface area contributed by atoms with Crippen molar-refractivity contribution in [3.63, 3.8) is 0 Å². The molecule has 3 heterocycles. The summed E-state index contributed by atoms with van der Waals surface area (Å²) in [5.41, 5.74) is 2.52. The molecule has 6 heteroatoms. The minimum atomic E-state index is 0.256. The van der Waals surface area contributed by atoms with Gasteiger partial charge >= 0.3 is 0 Å². The summed E-state index contributed by atoms with van der Waals surface area (Å²) in [6.07, 6.45) is 2.05. The fourth-order valence-electron chi connectivity index (χ4n) is 3.38. The van der Waals surface area contributed by atoms with E-state index in [1.807, 2.05) is 40.6 Å². The van der Waals surface area contributed by atoms with Crippen LogP contribution in [0.1, 0.15) is 17.8 Å². The molecule has 1 aromatic carbocycles. The van der Waals surface area contributed by atoms with Gasteiger partial charge in [0.05, 0.1) is 17.8 Å². The van der Waals surface area contributed by atoms with Crippen molar-refractivity contribution in [2.45, 2.75) is 12.8 Å². The van der Waals surface area contributed by atoms with E-state index in [9.17, 15) is 5.11 Å². The molecule has 0 atom stereocenters. The topological polar surface area (TPSA) is 69.4 Å². The number of rotatable bonds is 4. The average Bonchev–Trinajstić information content (AvgIpc) is 3.22. The van der Waals surface area contributed by atoms with E-state index in [4.69, 9.17) is 10.1 Å². The van der Waals surface area contributed by atoms with Gasteiger partial charge in [-0.2, -0.15) is 0 Å². The fourth-order valence-corrected chi connectivity index (χ4v) is 4.28. The molecule has 25 heavy (non-hydrogen) atoms. The summed E-state index contributed by atoms with van der Waals surface area (Å²) in [4.78, 5) is 6.62. The summed E-state index contributed by atoms with van der Waals surface area (Å²) in [7, 11) is 0. The molecular weight excluding hydrogens is 334 g/mol. The van der Waals surface area contributed by atoms with Crippen LogP contribution in [0.4, 0.5) is 0 Å². The Morgan fingerprint density at radius 1 is 1.24 bits per heavy atom. The van der Waals surface area contributed by atoms with Crippen LogP contribution in [-0.2, 0) is 4.74 Å². The summed E-state index contributed by atoms with van der Waals surface area (Å²) >= 11 is 1.48. The highest BCUT2D eigenvalue weighted by molar-refractivity contribution is 7.11. The molecule has 4 rings (SSSR count). The van der Waals surface area contributed by atoms with Crippen molar-refractivity contribution >= 4 is 22.7 Å². The Hall–Kier alpha value is -2.18. The van der Waals surface area contributed by atoms with Crippen molar-refractivity contribution in [1.82, 2.24) is 9.88 Å². The first-order valence-corrected chi connectivity index (χ1v) is 9.45. The number of amidine groups is 1. The van der Waals surface area contributed by atoms with Gasteiger partial charge in [-0.3, -0.25) is 5.41 Å². The van der Waals surface area contributed by atoms with Gasteiger partial charge in [0.2, 0.25) is 0 Å². The Morgan fingerprint density at radius 2 is 2.00 bits per heavy atom. The minimum Gasteiger partial charge on any atom is -0.510 e. The third-order valence-electron chi connectivity index (χ3n) is 4.79. The van der Waals surface area contributed by atoms with Crippen molar-refractivity contribution in [3.05, 3.63) is 46.5 Å². The van der Waals surface area contributed by atoms with Crippen LogP contribution in [0.15, 0.2) is 41.5 Å². The standard InChI is InChI=1S/C19H21N3O2S/c20-18-17(16(23)11-22(18)10-13-6-8-24-9-7-13)19-21-15(12-25-19)14-4-2-1-3-5-14/h1-5,12-13,20,23H,6-11H2. The number of hydrogen-bond acceptors (Lipinski definition) is 5. The maximum absolute atomic E-state index is 10.4. The Bertz CT molecular complexity index is 794. The first kappa shape index (κ1) is 16.3. The second-order valence-corrected chi connectivity index (χ2v) is 7.37. The zero-order valence-electron chi connectivity index (χ0n) is 13.9. The van der Waals surface area contributed by atoms with Crippen LogP contribution in [0.5, 0.6) is 0 Å². The first-order valence-electron chi connectivity index (χ1n) is 8.57. The van der Waals surface area contributed by atoms with E-state index in [2.05, 4.69) is 4.98 Å². The van der Waals surface area contributed by atoms with E-state index < -0.39 is 0 Å². The van der Waals surface area contributed by atoms with E-state index >= 15 is 0 Å². The van der Waals surface area contributed by atoms with Crippen LogP contribution in [-0.4, -0.2) is 47.1 Å². The van der Waals surface area contributed by atoms with E-state index in [-0.39, 0.29) is 5.76 Å². The summed E-state index contributed by atoms with van der Waals surface area (Å²) in [5, 5.41) is 21.6. The molecule has 0 bridgehead atoms. The molecule has 1 aromatic heterocycles. The van der Waals surface area contributed by atoms with Gasteiger partial charge < -0.3 is 14.7 Å². The van der Waals surface area contributed by atoms with Gasteiger partial charge in [0, 0.05) is 30.7 Å². The lowest BCUT2D eigenvalue weighted by Crippen LogP contribution is -2.34.